The lowest BCUT2D eigenvalue weighted by Crippen LogP contribution is -2.23. The van der Waals surface area contributed by atoms with Gasteiger partial charge in [0.15, 0.2) is 0 Å². The van der Waals surface area contributed by atoms with E-state index in [0.717, 1.165) is 15.6 Å². The quantitative estimate of drug-likeness (QED) is 0.903. The normalized spacial score (nSPS) is 10.2. The number of nitrogens with zero attached hydrogens (tertiary/aromatic N) is 2. The van der Waals surface area contributed by atoms with E-state index in [2.05, 4.69) is 15.3 Å². The fraction of sp³-hybridized carbons (Fsp3) is 0.250. The molecule has 5 heteroatoms. The minimum absolute atomic E-state index is 0.165. The number of thiazole rings is 1. The summed E-state index contributed by atoms with van der Waals surface area (Å²) < 4.78 is 0. The Morgan fingerprint density at radius 2 is 2.24 bits per heavy atom. The second-order valence-electron chi connectivity index (χ2n) is 3.71. The Kier molecular flexibility index (Phi) is 3.49. The molecule has 2 heterocycles. The average molecular weight is 247 g/mol. The summed E-state index contributed by atoms with van der Waals surface area (Å²) in [4.78, 5) is 21.3. The molecule has 0 aromatic carbocycles. The molecule has 0 unspecified atom stereocenters. The summed E-state index contributed by atoms with van der Waals surface area (Å²) >= 11 is 1.58. The van der Waals surface area contributed by atoms with Crippen LogP contribution in [0.4, 0.5) is 0 Å². The van der Waals surface area contributed by atoms with Gasteiger partial charge >= 0.3 is 0 Å². The van der Waals surface area contributed by atoms with Crippen molar-refractivity contribution in [2.45, 2.75) is 20.4 Å². The largest absolute Gasteiger partial charge is 0.344 e. The van der Waals surface area contributed by atoms with Gasteiger partial charge in [0.2, 0.25) is 0 Å². The molecule has 88 valence electrons. The molecule has 0 saturated heterocycles. The molecule has 2 aromatic rings. The first-order valence-corrected chi connectivity index (χ1v) is 6.10. The number of rotatable bonds is 3. The predicted molar refractivity (Wildman–Crippen MR) is 67.0 cm³/mol. The minimum atomic E-state index is -0.165. The third-order valence-corrected chi connectivity index (χ3v) is 3.10. The smallest absolute Gasteiger partial charge is 0.270 e. The molecule has 1 N–H and O–H groups in total. The molecular weight excluding hydrogens is 234 g/mol. The van der Waals surface area contributed by atoms with Crippen LogP contribution in [0.25, 0.3) is 0 Å². The summed E-state index contributed by atoms with van der Waals surface area (Å²) in [6.07, 6.45) is 1.80. The van der Waals surface area contributed by atoms with Gasteiger partial charge in [-0.3, -0.25) is 4.79 Å². The molecule has 0 aliphatic carbocycles. The molecule has 0 spiro atoms. The molecule has 0 fully saturated rings. The van der Waals surface area contributed by atoms with Crippen LogP contribution < -0.4 is 5.32 Å². The van der Waals surface area contributed by atoms with Gasteiger partial charge < -0.3 is 5.32 Å². The van der Waals surface area contributed by atoms with Gasteiger partial charge in [0, 0.05) is 16.8 Å². The molecular formula is C12H13N3OS. The second-order valence-corrected chi connectivity index (χ2v) is 5.03. The minimum Gasteiger partial charge on any atom is -0.344 e. The first-order chi connectivity index (χ1) is 8.15. The fourth-order valence-corrected chi connectivity index (χ4v) is 2.13. The Hall–Kier alpha value is -1.75. The SMILES string of the molecule is Cc1cccc(C(=O)NCc2ncc(C)s2)n1. The summed E-state index contributed by atoms with van der Waals surface area (Å²) in [5, 5.41) is 3.71. The van der Waals surface area contributed by atoms with Crippen molar-refractivity contribution in [2.75, 3.05) is 0 Å². The van der Waals surface area contributed by atoms with Crippen molar-refractivity contribution >= 4 is 17.2 Å². The Morgan fingerprint density at radius 3 is 2.88 bits per heavy atom. The van der Waals surface area contributed by atoms with E-state index >= 15 is 0 Å². The van der Waals surface area contributed by atoms with Crippen molar-refractivity contribution in [3.05, 3.63) is 45.7 Å². The van der Waals surface area contributed by atoms with Crippen LogP contribution in [0.3, 0.4) is 0 Å². The summed E-state index contributed by atoms with van der Waals surface area (Å²) in [6.45, 7) is 4.30. The number of hydrogen-bond acceptors (Lipinski definition) is 4. The Labute approximate surface area is 104 Å². The van der Waals surface area contributed by atoms with Gasteiger partial charge in [0.1, 0.15) is 10.7 Å². The first kappa shape index (κ1) is 11.7. The zero-order valence-corrected chi connectivity index (χ0v) is 10.5. The van der Waals surface area contributed by atoms with Crippen molar-refractivity contribution in [1.82, 2.24) is 15.3 Å². The number of pyridine rings is 1. The van der Waals surface area contributed by atoms with Crippen molar-refractivity contribution < 1.29 is 4.79 Å². The van der Waals surface area contributed by atoms with Crippen LogP contribution in [-0.2, 0) is 6.54 Å². The number of carbonyl (C=O) groups is 1. The Balaban J connectivity index is 1.98. The van der Waals surface area contributed by atoms with E-state index in [1.807, 2.05) is 26.0 Å². The number of carbonyl (C=O) groups excluding carboxylic acids is 1. The molecule has 2 aromatic heterocycles. The first-order valence-electron chi connectivity index (χ1n) is 5.28. The standard InChI is InChI=1S/C12H13N3OS/c1-8-4-3-5-10(15-8)12(16)14-7-11-13-6-9(2)17-11/h3-6H,7H2,1-2H3,(H,14,16). The van der Waals surface area contributed by atoms with Gasteiger partial charge in [0.05, 0.1) is 6.54 Å². The van der Waals surface area contributed by atoms with Crippen LogP contribution in [-0.4, -0.2) is 15.9 Å². The Bertz CT molecular complexity index is 536. The maximum absolute atomic E-state index is 11.8. The van der Waals surface area contributed by atoms with E-state index in [-0.39, 0.29) is 5.91 Å². The molecule has 0 aliphatic heterocycles. The van der Waals surface area contributed by atoms with E-state index in [4.69, 9.17) is 0 Å². The number of aryl methyl sites for hydroxylation is 2. The molecule has 0 radical (unpaired) electrons. The fourth-order valence-electron chi connectivity index (χ4n) is 1.40. The highest BCUT2D eigenvalue weighted by Gasteiger charge is 2.07. The number of amides is 1. The van der Waals surface area contributed by atoms with E-state index in [1.165, 1.54) is 0 Å². The van der Waals surface area contributed by atoms with Crippen LogP contribution in [0.1, 0.15) is 26.1 Å². The van der Waals surface area contributed by atoms with Gasteiger partial charge in [-0.25, -0.2) is 9.97 Å². The summed E-state index contributed by atoms with van der Waals surface area (Å²) in [5.74, 6) is -0.165. The second kappa shape index (κ2) is 5.05. The van der Waals surface area contributed by atoms with Crippen LogP contribution in [0.2, 0.25) is 0 Å². The average Bonchev–Trinajstić information content (AvgIpc) is 2.72. The highest BCUT2D eigenvalue weighted by atomic mass is 32.1. The van der Waals surface area contributed by atoms with Crippen molar-refractivity contribution in [3.63, 3.8) is 0 Å². The van der Waals surface area contributed by atoms with Crippen LogP contribution in [0, 0.1) is 13.8 Å². The van der Waals surface area contributed by atoms with Crippen molar-refractivity contribution in [3.8, 4) is 0 Å². The van der Waals surface area contributed by atoms with E-state index < -0.39 is 0 Å². The molecule has 0 aliphatic rings. The highest BCUT2D eigenvalue weighted by molar-refractivity contribution is 7.11. The zero-order valence-electron chi connectivity index (χ0n) is 9.73. The number of hydrogen-bond donors (Lipinski definition) is 1. The predicted octanol–water partition coefficient (Wildman–Crippen LogP) is 2.08. The maximum atomic E-state index is 11.8. The maximum Gasteiger partial charge on any atom is 0.270 e. The lowest BCUT2D eigenvalue weighted by molar-refractivity contribution is 0.0945. The zero-order chi connectivity index (χ0) is 12.3. The van der Waals surface area contributed by atoms with Gasteiger partial charge in [-0.1, -0.05) is 6.07 Å². The third-order valence-electron chi connectivity index (χ3n) is 2.19. The van der Waals surface area contributed by atoms with Crippen LogP contribution in [0.5, 0.6) is 0 Å². The topological polar surface area (TPSA) is 54.9 Å². The molecule has 1 amide bonds. The van der Waals surface area contributed by atoms with Crippen molar-refractivity contribution in [2.24, 2.45) is 0 Å². The molecule has 0 atom stereocenters. The third kappa shape index (κ3) is 3.10. The van der Waals surface area contributed by atoms with Crippen molar-refractivity contribution in [1.29, 1.82) is 0 Å². The molecule has 17 heavy (non-hydrogen) atoms. The summed E-state index contributed by atoms with van der Waals surface area (Å²) in [6, 6.07) is 5.39. The number of aromatic nitrogens is 2. The van der Waals surface area contributed by atoms with E-state index in [9.17, 15) is 4.79 Å². The van der Waals surface area contributed by atoms with Gasteiger partial charge in [0.25, 0.3) is 5.91 Å². The van der Waals surface area contributed by atoms with Crippen LogP contribution in [0.15, 0.2) is 24.4 Å². The molecule has 2 rings (SSSR count). The summed E-state index contributed by atoms with van der Waals surface area (Å²) in [5.41, 5.74) is 1.28. The van der Waals surface area contributed by atoms with Gasteiger partial charge in [-0.15, -0.1) is 11.3 Å². The lowest BCUT2D eigenvalue weighted by atomic mass is 10.3. The lowest BCUT2D eigenvalue weighted by Gasteiger charge is -2.02. The molecule has 4 nitrogen and oxygen atoms in total. The van der Waals surface area contributed by atoms with E-state index in [1.54, 1.807) is 23.6 Å². The van der Waals surface area contributed by atoms with Gasteiger partial charge in [-0.2, -0.15) is 0 Å². The molecule has 0 bridgehead atoms. The van der Waals surface area contributed by atoms with Gasteiger partial charge in [-0.05, 0) is 26.0 Å². The monoisotopic (exact) mass is 247 g/mol. The Morgan fingerprint density at radius 1 is 1.41 bits per heavy atom. The highest BCUT2D eigenvalue weighted by Crippen LogP contribution is 2.10. The summed E-state index contributed by atoms with van der Waals surface area (Å²) in [7, 11) is 0. The van der Waals surface area contributed by atoms with E-state index in [0.29, 0.717) is 12.2 Å². The molecule has 0 saturated carbocycles. The van der Waals surface area contributed by atoms with Crippen LogP contribution >= 0.6 is 11.3 Å². The number of nitrogens with one attached hydrogen (secondary N) is 1.